The first kappa shape index (κ1) is 14.8. The van der Waals surface area contributed by atoms with Crippen LogP contribution in [0.3, 0.4) is 0 Å². The van der Waals surface area contributed by atoms with Crippen LogP contribution in [0.5, 0.6) is 0 Å². The lowest BCUT2D eigenvalue weighted by Crippen LogP contribution is -2.35. The zero-order valence-electron chi connectivity index (χ0n) is 12.1. The molecular weight excluding hydrogens is 262 g/mol. The monoisotopic (exact) mass is 285 g/mol. The fraction of sp³-hybridized carbons (Fsp3) is 1.00. The van der Waals surface area contributed by atoms with Crippen LogP contribution in [0.15, 0.2) is 5.11 Å². The van der Waals surface area contributed by atoms with Gasteiger partial charge in [0.25, 0.3) is 0 Å². The highest BCUT2D eigenvalue weighted by Gasteiger charge is 2.48. The zero-order chi connectivity index (χ0) is 14.0. The zero-order valence-corrected chi connectivity index (χ0v) is 13.2. The van der Waals surface area contributed by atoms with Gasteiger partial charge < -0.3 is 14.2 Å². The molecule has 7 heteroatoms. The minimum atomic E-state index is -0.766. The first-order chi connectivity index (χ1) is 8.95. The summed E-state index contributed by atoms with van der Waals surface area (Å²) in [7, 11) is -0.766. The van der Waals surface area contributed by atoms with Crippen LogP contribution in [0.2, 0.25) is 18.1 Å². The van der Waals surface area contributed by atoms with Crippen molar-refractivity contribution >= 4 is 8.80 Å². The number of ether oxygens (including phenoxy) is 3. The third kappa shape index (κ3) is 3.12. The number of nitrogens with zero attached hydrogens (tertiary/aromatic N) is 3. The molecular formula is C12H23N3O3Si. The van der Waals surface area contributed by atoms with Gasteiger partial charge in [0.1, 0.15) is 12.2 Å². The van der Waals surface area contributed by atoms with E-state index in [0.717, 1.165) is 6.61 Å². The smallest absolute Gasteiger partial charge is 0.112 e. The van der Waals surface area contributed by atoms with Crippen LogP contribution in [0, 0.1) is 0 Å². The van der Waals surface area contributed by atoms with Crippen molar-refractivity contribution in [3.8, 4) is 0 Å². The van der Waals surface area contributed by atoms with E-state index in [1.807, 2.05) is 0 Å². The van der Waals surface area contributed by atoms with Gasteiger partial charge in [-0.3, -0.25) is 0 Å². The molecule has 2 saturated heterocycles. The summed E-state index contributed by atoms with van der Waals surface area (Å²) in [5, 5.41) is 3.98. The second kappa shape index (κ2) is 5.81. The Morgan fingerprint density at radius 2 is 2.00 bits per heavy atom. The molecule has 0 radical (unpaired) electrons. The predicted molar refractivity (Wildman–Crippen MR) is 75.1 cm³/mol. The standard InChI is InChI=1S/C12H23N3O3Si/c1-12(2,19(3)4)7-18-9-6-17-10-8(14-15-13)5-16-11(9)10/h8-11,19H,5-7H2,1-4H3/t8-,9+,10+,11+/m0/s1. The summed E-state index contributed by atoms with van der Waals surface area (Å²) in [6.45, 7) is 10.9. The van der Waals surface area contributed by atoms with Crippen molar-refractivity contribution in [2.45, 2.75) is 56.3 Å². The average Bonchev–Trinajstić information content (AvgIpc) is 2.90. The fourth-order valence-corrected chi connectivity index (χ4v) is 2.67. The lowest BCUT2D eigenvalue weighted by molar-refractivity contribution is -0.0380. The van der Waals surface area contributed by atoms with Crippen LogP contribution >= 0.6 is 0 Å². The highest BCUT2D eigenvalue weighted by molar-refractivity contribution is 6.59. The van der Waals surface area contributed by atoms with E-state index in [2.05, 4.69) is 37.0 Å². The van der Waals surface area contributed by atoms with Gasteiger partial charge in [0, 0.05) is 20.3 Å². The third-order valence-corrected chi connectivity index (χ3v) is 7.71. The van der Waals surface area contributed by atoms with E-state index >= 15 is 0 Å². The van der Waals surface area contributed by atoms with Gasteiger partial charge in [0.15, 0.2) is 0 Å². The predicted octanol–water partition coefficient (Wildman–Crippen LogP) is 2.12. The molecule has 0 aromatic rings. The van der Waals surface area contributed by atoms with Crippen molar-refractivity contribution < 1.29 is 14.2 Å². The van der Waals surface area contributed by atoms with Gasteiger partial charge in [-0.15, -0.1) is 0 Å². The van der Waals surface area contributed by atoms with E-state index in [9.17, 15) is 0 Å². The van der Waals surface area contributed by atoms with Crippen molar-refractivity contribution in [1.82, 2.24) is 0 Å². The van der Waals surface area contributed by atoms with Gasteiger partial charge >= 0.3 is 0 Å². The van der Waals surface area contributed by atoms with Gasteiger partial charge in [-0.1, -0.05) is 32.1 Å². The number of azide groups is 1. The molecule has 0 unspecified atom stereocenters. The van der Waals surface area contributed by atoms with Crippen molar-refractivity contribution in [1.29, 1.82) is 0 Å². The van der Waals surface area contributed by atoms with Gasteiger partial charge in [-0.2, -0.15) is 0 Å². The minimum Gasteiger partial charge on any atom is -0.373 e. The Kier molecular flexibility index (Phi) is 4.53. The van der Waals surface area contributed by atoms with Crippen molar-refractivity contribution in [3.05, 3.63) is 10.4 Å². The van der Waals surface area contributed by atoms with E-state index in [-0.39, 0.29) is 29.4 Å². The summed E-state index contributed by atoms with van der Waals surface area (Å²) < 4.78 is 17.4. The molecule has 2 aliphatic rings. The molecule has 0 aromatic heterocycles. The van der Waals surface area contributed by atoms with Gasteiger partial charge in [0.2, 0.25) is 0 Å². The van der Waals surface area contributed by atoms with E-state index in [4.69, 9.17) is 19.7 Å². The normalized spacial score (nSPS) is 34.4. The SMILES string of the molecule is C[SiH](C)C(C)(C)CO[C@@H]1CO[C@H]2[C@@H]1OC[C@@H]2N=[N+]=[N-]. The lowest BCUT2D eigenvalue weighted by atomic mass is 10.1. The molecule has 0 spiro atoms. The molecule has 2 heterocycles. The summed E-state index contributed by atoms with van der Waals surface area (Å²) in [5.41, 5.74) is 8.50. The van der Waals surface area contributed by atoms with Gasteiger partial charge in [-0.05, 0) is 10.6 Å². The maximum atomic E-state index is 8.50. The summed E-state index contributed by atoms with van der Waals surface area (Å²) in [6, 6.07) is -0.212. The van der Waals surface area contributed by atoms with Crippen LogP contribution in [0.25, 0.3) is 10.4 Å². The Hall–Kier alpha value is -0.593. The molecule has 19 heavy (non-hydrogen) atoms. The van der Waals surface area contributed by atoms with Crippen LogP contribution in [0.1, 0.15) is 13.8 Å². The molecule has 0 amide bonds. The van der Waals surface area contributed by atoms with E-state index in [1.54, 1.807) is 0 Å². The van der Waals surface area contributed by atoms with E-state index < -0.39 is 8.80 Å². The second-order valence-electron chi connectivity index (χ2n) is 6.36. The topological polar surface area (TPSA) is 76.5 Å². The maximum absolute atomic E-state index is 8.50. The van der Waals surface area contributed by atoms with Crippen molar-refractivity contribution in [2.24, 2.45) is 5.11 Å². The summed E-state index contributed by atoms with van der Waals surface area (Å²) >= 11 is 0. The van der Waals surface area contributed by atoms with E-state index in [0.29, 0.717) is 13.2 Å². The molecule has 0 aliphatic carbocycles. The first-order valence-electron chi connectivity index (χ1n) is 6.84. The number of hydrogen-bond acceptors (Lipinski definition) is 4. The van der Waals surface area contributed by atoms with Crippen LogP contribution in [0.4, 0.5) is 0 Å². The molecule has 108 valence electrons. The Bertz CT molecular complexity index is 371. The van der Waals surface area contributed by atoms with Crippen molar-refractivity contribution in [2.75, 3.05) is 19.8 Å². The first-order valence-corrected chi connectivity index (χ1v) is 9.73. The van der Waals surface area contributed by atoms with Crippen LogP contribution in [-0.4, -0.2) is 53.0 Å². The number of rotatable bonds is 5. The maximum Gasteiger partial charge on any atom is 0.112 e. The molecule has 0 N–H and O–H groups in total. The van der Waals surface area contributed by atoms with Gasteiger partial charge in [0.05, 0.1) is 25.4 Å². The molecule has 0 aromatic carbocycles. The second-order valence-corrected chi connectivity index (χ2v) is 10.2. The van der Waals surface area contributed by atoms with Crippen molar-refractivity contribution in [3.63, 3.8) is 0 Å². The quantitative estimate of drug-likeness (QED) is 0.336. The van der Waals surface area contributed by atoms with Gasteiger partial charge in [-0.25, -0.2) is 0 Å². The molecule has 0 saturated carbocycles. The van der Waals surface area contributed by atoms with Crippen LogP contribution in [-0.2, 0) is 14.2 Å². The lowest BCUT2D eigenvalue weighted by Gasteiger charge is -2.30. The fourth-order valence-electron chi connectivity index (χ4n) is 2.24. The molecule has 2 rings (SSSR count). The minimum absolute atomic E-state index is 0.0316. The highest BCUT2D eigenvalue weighted by Crippen LogP contribution is 2.34. The number of fused-ring (bicyclic) bond motifs is 1. The molecule has 4 atom stereocenters. The molecule has 2 fully saturated rings. The Morgan fingerprint density at radius 1 is 1.32 bits per heavy atom. The highest BCUT2D eigenvalue weighted by atomic mass is 28.3. The number of hydrogen-bond donors (Lipinski definition) is 0. The Balaban J connectivity index is 1.89. The van der Waals surface area contributed by atoms with Crippen LogP contribution < -0.4 is 0 Å². The summed E-state index contributed by atoms with van der Waals surface area (Å²) in [6.07, 6.45) is -0.253. The molecule has 6 nitrogen and oxygen atoms in total. The largest absolute Gasteiger partial charge is 0.373 e. The summed E-state index contributed by atoms with van der Waals surface area (Å²) in [4.78, 5) is 2.84. The third-order valence-electron chi connectivity index (χ3n) is 4.41. The average molecular weight is 285 g/mol. The molecule has 0 bridgehead atoms. The summed E-state index contributed by atoms with van der Waals surface area (Å²) in [5.74, 6) is 0. The van der Waals surface area contributed by atoms with E-state index in [1.165, 1.54) is 0 Å². The Morgan fingerprint density at radius 3 is 2.63 bits per heavy atom. The molecule has 2 aliphatic heterocycles. The Labute approximate surface area is 115 Å².